The second kappa shape index (κ2) is 6.26. The molecule has 0 saturated heterocycles. The van der Waals surface area contributed by atoms with Gasteiger partial charge in [-0.1, -0.05) is 47.6 Å². The molecule has 0 fully saturated rings. The number of hydrogen-bond donors (Lipinski definition) is 1. The molecule has 0 amide bonds. The predicted molar refractivity (Wildman–Crippen MR) is 85.4 cm³/mol. The second-order valence-corrected chi connectivity index (χ2v) is 6.40. The van der Waals surface area contributed by atoms with E-state index in [1.54, 1.807) is 0 Å². The van der Waals surface area contributed by atoms with Gasteiger partial charge in [-0.2, -0.15) is 0 Å². The molecule has 7 nitrogen and oxygen atoms in total. The van der Waals surface area contributed by atoms with Crippen LogP contribution in [0.2, 0.25) is 0 Å². The zero-order chi connectivity index (χ0) is 17.2. The van der Waals surface area contributed by atoms with Crippen LogP contribution in [0.1, 0.15) is 0 Å². The number of carbonyl (C=O) groups is 1. The van der Waals surface area contributed by atoms with Crippen LogP contribution in [0.4, 0.5) is 0 Å². The van der Waals surface area contributed by atoms with Crippen LogP contribution in [0.5, 0.6) is 5.95 Å². The van der Waals surface area contributed by atoms with Gasteiger partial charge in [0.2, 0.25) is 10.0 Å². The lowest BCUT2D eigenvalue weighted by atomic mass is 10.0. The van der Waals surface area contributed by atoms with Crippen LogP contribution < -0.4 is 9.88 Å². The second-order valence-electron chi connectivity index (χ2n) is 4.84. The quantitative estimate of drug-likeness (QED) is 0.710. The summed E-state index contributed by atoms with van der Waals surface area (Å²) in [5.74, 6) is -0.0767. The van der Waals surface area contributed by atoms with E-state index in [1.165, 1.54) is 24.3 Å². The molecule has 3 aromatic rings. The van der Waals surface area contributed by atoms with E-state index in [0.717, 1.165) is 5.56 Å². The van der Waals surface area contributed by atoms with Gasteiger partial charge in [-0.25, -0.2) is 13.6 Å². The highest BCUT2D eigenvalue weighted by Crippen LogP contribution is 2.39. The molecule has 1 heterocycles. The minimum Gasteiger partial charge on any atom is -0.393 e. The molecule has 0 spiro atoms. The maximum Gasteiger partial charge on any atom is 0.327 e. The number of sulfonamides is 1. The highest BCUT2D eigenvalue weighted by Gasteiger charge is 2.21. The molecule has 1 aromatic heterocycles. The Kier molecular flexibility index (Phi) is 4.15. The summed E-state index contributed by atoms with van der Waals surface area (Å²) in [7, 11) is -3.80. The molecule has 0 bridgehead atoms. The van der Waals surface area contributed by atoms with E-state index < -0.39 is 10.0 Å². The average molecular weight is 344 g/mol. The summed E-state index contributed by atoms with van der Waals surface area (Å²) in [6.45, 7) is 0.234. The number of benzene rings is 2. The lowest BCUT2D eigenvalue weighted by Gasteiger charge is -2.04. The first kappa shape index (κ1) is 15.9. The maximum atomic E-state index is 11.4. The molecule has 0 aliphatic carbocycles. The Labute approximate surface area is 137 Å². The largest absolute Gasteiger partial charge is 0.393 e. The lowest BCUT2D eigenvalue weighted by Crippen LogP contribution is -2.11. The maximum absolute atomic E-state index is 11.4. The molecule has 24 heavy (non-hydrogen) atoms. The van der Waals surface area contributed by atoms with Crippen molar-refractivity contribution in [2.24, 2.45) is 5.14 Å². The van der Waals surface area contributed by atoms with Crippen molar-refractivity contribution >= 4 is 16.5 Å². The number of primary sulfonamides is 1. The third-order valence-electron chi connectivity index (χ3n) is 3.33. The molecule has 0 unspecified atom stereocenters. The first-order chi connectivity index (χ1) is 11.5. The molecule has 122 valence electrons. The van der Waals surface area contributed by atoms with Crippen LogP contribution >= 0.6 is 0 Å². The molecular formula is C16H12N2O5S. The van der Waals surface area contributed by atoms with Crippen molar-refractivity contribution in [1.82, 2.24) is 5.16 Å². The Morgan fingerprint density at radius 1 is 1.00 bits per heavy atom. The Morgan fingerprint density at radius 3 is 2.25 bits per heavy atom. The van der Waals surface area contributed by atoms with E-state index in [0.29, 0.717) is 16.8 Å². The van der Waals surface area contributed by atoms with Gasteiger partial charge in [0.25, 0.3) is 0 Å². The van der Waals surface area contributed by atoms with Crippen LogP contribution in [0.15, 0.2) is 64.0 Å². The number of carbonyl (C=O) groups excluding carboxylic acids is 1. The van der Waals surface area contributed by atoms with Gasteiger partial charge >= 0.3 is 12.4 Å². The zero-order valence-electron chi connectivity index (χ0n) is 12.2. The highest BCUT2D eigenvalue weighted by molar-refractivity contribution is 7.89. The summed E-state index contributed by atoms with van der Waals surface area (Å²) in [5.41, 5.74) is 2.23. The SMILES string of the molecule is NS(=O)(=O)c1ccc(-c2c(-c3ccccc3)noc2OC=O)cc1. The number of nitrogens with two attached hydrogens (primary N) is 1. The first-order valence-corrected chi connectivity index (χ1v) is 8.34. The van der Waals surface area contributed by atoms with Crippen LogP contribution in [0.3, 0.4) is 0 Å². The molecule has 0 atom stereocenters. The van der Waals surface area contributed by atoms with Crippen molar-refractivity contribution in [2.45, 2.75) is 4.90 Å². The van der Waals surface area contributed by atoms with Crippen molar-refractivity contribution in [3.05, 3.63) is 54.6 Å². The number of aromatic nitrogens is 1. The Morgan fingerprint density at radius 2 is 1.67 bits per heavy atom. The van der Waals surface area contributed by atoms with Gasteiger partial charge in [0, 0.05) is 5.56 Å². The molecule has 2 aromatic carbocycles. The lowest BCUT2D eigenvalue weighted by molar-refractivity contribution is -0.121. The topological polar surface area (TPSA) is 112 Å². The molecule has 8 heteroatoms. The fourth-order valence-corrected chi connectivity index (χ4v) is 2.77. The van der Waals surface area contributed by atoms with Crippen LogP contribution in [-0.4, -0.2) is 20.0 Å². The average Bonchev–Trinajstić information content (AvgIpc) is 2.99. The summed E-state index contributed by atoms with van der Waals surface area (Å²) in [5, 5.41) is 9.05. The summed E-state index contributed by atoms with van der Waals surface area (Å²) >= 11 is 0. The summed E-state index contributed by atoms with van der Waals surface area (Å²) in [4.78, 5) is 10.7. The van der Waals surface area contributed by atoms with Crippen LogP contribution in [0, 0.1) is 0 Å². The van der Waals surface area contributed by atoms with Gasteiger partial charge in [-0.05, 0) is 17.7 Å². The summed E-state index contributed by atoms with van der Waals surface area (Å²) in [6, 6.07) is 15.0. The van der Waals surface area contributed by atoms with Crippen molar-refractivity contribution < 1.29 is 22.5 Å². The molecule has 0 saturated carbocycles. The Hall–Kier alpha value is -2.97. The predicted octanol–water partition coefficient (Wildman–Crippen LogP) is 2.19. The molecule has 2 N–H and O–H groups in total. The van der Waals surface area contributed by atoms with E-state index in [2.05, 4.69) is 5.16 Å². The fraction of sp³-hybridized carbons (Fsp3) is 0. The van der Waals surface area contributed by atoms with Crippen molar-refractivity contribution in [2.75, 3.05) is 0 Å². The van der Waals surface area contributed by atoms with Gasteiger partial charge in [-0.15, -0.1) is 0 Å². The molecule has 0 aliphatic heterocycles. The number of nitrogens with zero attached hydrogens (tertiary/aromatic N) is 1. The highest BCUT2D eigenvalue weighted by atomic mass is 32.2. The molecule has 3 rings (SSSR count). The van der Waals surface area contributed by atoms with Gasteiger partial charge in [0.15, 0.2) is 0 Å². The normalized spacial score (nSPS) is 11.2. The van der Waals surface area contributed by atoms with Crippen molar-refractivity contribution in [1.29, 1.82) is 0 Å². The van der Waals surface area contributed by atoms with Crippen LogP contribution in [0.25, 0.3) is 22.4 Å². The van der Waals surface area contributed by atoms with E-state index in [9.17, 15) is 13.2 Å². The first-order valence-electron chi connectivity index (χ1n) is 6.79. The Bertz CT molecular complexity index is 963. The van der Waals surface area contributed by atoms with Gasteiger partial charge < -0.3 is 9.26 Å². The van der Waals surface area contributed by atoms with Gasteiger partial charge in [0.05, 0.1) is 10.5 Å². The molecular weight excluding hydrogens is 332 g/mol. The Balaban J connectivity index is 2.15. The van der Waals surface area contributed by atoms with Crippen molar-refractivity contribution in [3.8, 4) is 28.3 Å². The number of hydrogen-bond acceptors (Lipinski definition) is 6. The minimum absolute atomic E-state index is 0.0261. The smallest absolute Gasteiger partial charge is 0.327 e. The standard InChI is InChI=1S/C16H12N2O5S/c17-24(20,21)13-8-6-11(7-9-13)14-15(12-4-2-1-3-5-12)18-23-16(14)22-10-19/h1-10H,(H2,17,20,21). The minimum atomic E-state index is -3.80. The summed E-state index contributed by atoms with van der Waals surface area (Å²) < 4.78 is 32.7. The number of ether oxygens (including phenoxy) is 1. The molecule has 0 aliphatic rings. The van der Waals surface area contributed by atoms with Crippen molar-refractivity contribution in [3.63, 3.8) is 0 Å². The van der Waals surface area contributed by atoms with E-state index in [4.69, 9.17) is 14.4 Å². The van der Waals surface area contributed by atoms with Gasteiger partial charge in [0.1, 0.15) is 5.69 Å². The zero-order valence-corrected chi connectivity index (χ0v) is 13.1. The molecule has 0 radical (unpaired) electrons. The third-order valence-corrected chi connectivity index (χ3v) is 4.26. The monoisotopic (exact) mass is 344 g/mol. The number of rotatable bonds is 5. The fourth-order valence-electron chi connectivity index (χ4n) is 2.26. The third kappa shape index (κ3) is 3.05. The van der Waals surface area contributed by atoms with E-state index in [1.807, 2.05) is 30.3 Å². The van der Waals surface area contributed by atoms with Crippen LogP contribution in [-0.2, 0) is 14.8 Å². The van der Waals surface area contributed by atoms with Gasteiger partial charge in [-0.3, -0.25) is 4.79 Å². The van der Waals surface area contributed by atoms with E-state index >= 15 is 0 Å². The van der Waals surface area contributed by atoms with E-state index in [-0.39, 0.29) is 17.3 Å². The summed E-state index contributed by atoms with van der Waals surface area (Å²) in [6.07, 6.45) is 0.